The average molecular weight is 207 g/mol. The van der Waals surface area contributed by atoms with Gasteiger partial charge in [-0.2, -0.15) is 5.10 Å². The second kappa shape index (κ2) is 7.97. The van der Waals surface area contributed by atoms with Crippen molar-refractivity contribution in [1.29, 1.82) is 0 Å². The molecule has 3 nitrogen and oxygen atoms in total. The van der Waals surface area contributed by atoms with Crippen molar-refractivity contribution in [2.24, 2.45) is 4.99 Å². The van der Waals surface area contributed by atoms with Gasteiger partial charge in [0.2, 0.25) is 0 Å². The molecule has 0 amide bonds. The average Bonchev–Trinajstić information content (AvgIpc) is 2.81. The van der Waals surface area contributed by atoms with E-state index in [0.29, 0.717) is 0 Å². The summed E-state index contributed by atoms with van der Waals surface area (Å²) in [5.41, 5.74) is 1.14. The van der Waals surface area contributed by atoms with E-state index < -0.39 is 0 Å². The predicted octanol–water partition coefficient (Wildman–Crippen LogP) is 3.14. The SMILES string of the molecule is C/C=C(/C)C(=NCC)n1cccn1.CC. The molecular weight excluding hydrogens is 186 g/mol. The lowest BCUT2D eigenvalue weighted by molar-refractivity contribution is 0.913. The maximum atomic E-state index is 4.39. The zero-order valence-electron chi connectivity index (χ0n) is 10.4. The summed E-state index contributed by atoms with van der Waals surface area (Å²) in [6.45, 7) is 10.8. The quantitative estimate of drug-likeness (QED) is 0.541. The molecule has 0 aliphatic rings. The van der Waals surface area contributed by atoms with Crippen LogP contribution >= 0.6 is 0 Å². The van der Waals surface area contributed by atoms with Crippen LogP contribution in [0.5, 0.6) is 0 Å². The summed E-state index contributed by atoms with van der Waals surface area (Å²) in [5.74, 6) is 0.926. The van der Waals surface area contributed by atoms with E-state index in [0.717, 1.165) is 18.0 Å². The number of rotatable bonds is 2. The van der Waals surface area contributed by atoms with Crippen LogP contribution in [0.15, 0.2) is 35.1 Å². The van der Waals surface area contributed by atoms with Gasteiger partial charge in [-0.25, -0.2) is 4.68 Å². The Bertz CT molecular complexity index is 308. The maximum Gasteiger partial charge on any atom is 0.151 e. The fourth-order valence-corrected chi connectivity index (χ4v) is 1.05. The van der Waals surface area contributed by atoms with Crippen LogP contribution in [-0.4, -0.2) is 22.2 Å². The van der Waals surface area contributed by atoms with Crippen molar-refractivity contribution in [3.63, 3.8) is 0 Å². The van der Waals surface area contributed by atoms with Gasteiger partial charge in [0.25, 0.3) is 0 Å². The third-order valence-corrected chi connectivity index (χ3v) is 1.82. The lowest BCUT2D eigenvalue weighted by Crippen LogP contribution is -2.14. The van der Waals surface area contributed by atoms with Crippen LogP contribution in [0, 0.1) is 0 Å². The molecule has 1 rings (SSSR count). The summed E-state index contributed by atoms with van der Waals surface area (Å²) < 4.78 is 1.79. The molecule has 0 spiro atoms. The number of aliphatic imine (C=N–C) groups is 1. The summed E-state index contributed by atoms with van der Waals surface area (Å²) >= 11 is 0. The molecule has 0 saturated heterocycles. The van der Waals surface area contributed by atoms with E-state index in [-0.39, 0.29) is 0 Å². The molecule has 1 heterocycles. The van der Waals surface area contributed by atoms with Crippen molar-refractivity contribution in [2.75, 3.05) is 6.54 Å². The van der Waals surface area contributed by atoms with Crippen LogP contribution < -0.4 is 0 Å². The summed E-state index contributed by atoms with van der Waals surface area (Å²) in [6, 6.07) is 1.90. The molecule has 0 saturated carbocycles. The molecule has 3 heteroatoms. The van der Waals surface area contributed by atoms with Crippen LogP contribution in [0.25, 0.3) is 0 Å². The number of allylic oxidation sites excluding steroid dienone is 2. The molecule has 0 aromatic carbocycles. The lowest BCUT2D eigenvalue weighted by atomic mass is 10.2. The maximum absolute atomic E-state index is 4.39. The first-order valence-corrected chi connectivity index (χ1v) is 5.47. The Morgan fingerprint density at radius 1 is 1.47 bits per heavy atom. The van der Waals surface area contributed by atoms with Crippen molar-refractivity contribution in [1.82, 2.24) is 9.78 Å². The van der Waals surface area contributed by atoms with Gasteiger partial charge in [0.15, 0.2) is 5.84 Å². The smallest absolute Gasteiger partial charge is 0.151 e. The summed E-state index contributed by atoms with van der Waals surface area (Å²) in [4.78, 5) is 4.39. The van der Waals surface area contributed by atoms with Crippen LogP contribution in [-0.2, 0) is 0 Å². The van der Waals surface area contributed by atoms with Crippen molar-refractivity contribution in [3.8, 4) is 0 Å². The Kier molecular flexibility index (Phi) is 7.24. The highest BCUT2D eigenvalue weighted by Gasteiger charge is 2.02. The van der Waals surface area contributed by atoms with Crippen LogP contribution in [0.2, 0.25) is 0 Å². The number of hydrogen-bond donors (Lipinski definition) is 0. The summed E-state index contributed by atoms with van der Waals surface area (Å²) in [5, 5.41) is 4.15. The Labute approximate surface area is 92.5 Å². The van der Waals surface area contributed by atoms with Crippen LogP contribution in [0.4, 0.5) is 0 Å². The Balaban J connectivity index is 0.000000921. The van der Waals surface area contributed by atoms with E-state index in [2.05, 4.69) is 10.1 Å². The largest absolute Gasteiger partial charge is 0.267 e. The van der Waals surface area contributed by atoms with E-state index in [1.165, 1.54) is 0 Å². The summed E-state index contributed by atoms with van der Waals surface area (Å²) in [6.07, 6.45) is 5.70. The Hall–Kier alpha value is -1.38. The molecule has 0 bridgehead atoms. The fraction of sp³-hybridized carbons (Fsp3) is 0.500. The van der Waals surface area contributed by atoms with Gasteiger partial charge in [-0.3, -0.25) is 4.99 Å². The van der Waals surface area contributed by atoms with Crippen molar-refractivity contribution in [3.05, 3.63) is 30.1 Å². The number of nitrogens with zero attached hydrogens (tertiary/aromatic N) is 3. The van der Waals surface area contributed by atoms with Gasteiger partial charge in [-0.15, -0.1) is 0 Å². The van der Waals surface area contributed by atoms with Gasteiger partial charge >= 0.3 is 0 Å². The fourth-order valence-electron chi connectivity index (χ4n) is 1.05. The predicted molar refractivity (Wildman–Crippen MR) is 66.4 cm³/mol. The van der Waals surface area contributed by atoms with E-state index in [4.69, 9.17) is 0 Å². The topological polar surface area (TPSA) is 30.2 Å². The second-order valence-corrected chi connectivity index (χ2v) is 2.72. The minimum Gasteiger partial charge on any atom is -0.267 e. The molecule has 1 aromatic heterocycles. The zero-order valence-corrected chi connectivity index (χ0v) is 10.4. The van der Waals surface area contributed by atoms with E-state index in [9.17, 15) is 0 Å². The van der Waals surface area contributed by atoms with E-state index in [1.54, 1.807) is 10.9 Å². The van der Waals surface area contributed by atoms with E-state index in [1.807, 2.05) is 53.0 Å². The molecule has 84 valence electrons. The van der Waals surface area contributed by atoms with Crippen molar-refractivity contribution < 1.29 is 0 Å². The molecule has 0 radical (unpaired) electrons. The van der Waals surface area contributed by atoms with Gasteiger partial charge in [-0.05, 0) is 32.4 Å². The second-order valence-electron chi connectivity index (χ2n) is 2.72. The normalized spacial score (nSPS) is 12.1. The molecule has 0 unspecified atom stereocenters. The number of hydrogen-bond acceptors (Lipinski definition) is 2. The molecule has 0 atom stereocenters. The van der Waals surface area contributed by atoms with Gasteiger partial charge < -0.3 is 0 Å². The molecule has 0 aliphatic carbocycles. The highest BCUT2D eigenvalue weighted by atomic mass is 15.3. The first-order chi connectivity index (χ1) is 7.29. The van der Waals surface area contributed by atoms with Gasteiger partial charge in [-0.1, -0.05) is 19.9 Å². The monoisotopic (exact) mass is 207 g/mol. The van der Waals surface area contributed by atoms with Crippen molar-refractivity contribution in [2.45, 2.75) is 34.6 Å². The minimum absolute atomic E-state index is 0.778. The van der Waals surface area contributed by atoms with Gasteiger partial charge in [0.1, 0.15) is 0 Å². The van der Waals surface area contributed by atoms with Gasteiger partial charge in [0, 0.05) is 18.9 Å². The van der Waals surface area contributed by atoms with E-state index >= 15 is 0 Å². The first kappa shape index (κ1) is 13.6. The Morgan fingerprint density at radius 3 is 2.53 bits per heavy atom. The highest BCUT2D eigenvalue weighted by Crippen LogP contribution is 2.00. The first-order valence-electron chi connectivity index (χ1n) is 5.47. The van der Waals surface area contributed by atoms with Crippen LogP contribution in [0.3, 0.4) is 0 Å². The molecule has 0 aliphatic heterocycles. The molecule has 1 aromatic rings. The van der Waals surface area contributed by atoms with Gasteiger partial charge in [0.05, 0.1) is 0 Å². The molecule has 0 fully saturated rings. The number of aromatic nitrogens is 2. The molecule has 15 heavy (non-hydrogen) atoms. The third-order valence-electron chi connectivity index (χ3n) is 1.82. The van der Waals surface area contributed by atoms with Crippen molar-refractivity contribution >= 4 is 5.84 Å². The minimum atomic E-state index is 0.778. The zero-order chi connectivity index (χ0) is 11.7. The van der Waals surface area contributed by atoms with Crippen LogP contribution in [0.1, 0.15) is 34.6 Å². The summed E-state index contributed by atoms with van der Waals surface area (Å²) in [7, 11) is 0. The standard InChI is InChI=1S/C10H15N3.C2H6/c1-4-9(3)10(11-5-2)13-8-6-7-12-13;1-2/h4,6-8H,5H2,1-3H3;1-2H3/b9-4-,11-10?;. The molecule has 0 N–H and O–H groups in total. The highest BCUT2D eigenvalue weighted by molar-refractivity contribution is 5.98. The Morgan fingerprint density at radius 2 is 2.13 bits per heavy atom. The lowest BCUT2D eigenvalue weighted by Gasteiger charge is -2.05. The third kappa shape index (κ3) is 4.11. The molecular formula is C12H21N3.